The molecule has 0 aliphatic rings. The molecule has 2 aromatic carbocycles. The van der Waals surface area contributed by atoms with Gasteiger partial charge in [0.1, 0.15) is 12.4 Å². The summed E-state index contributed by atoms with van der Waals surface area (Å²) in [5.41, 5.74) is 0.825. The third kappa shape index (κ3) is 4.19. The van der Waals surface area contributed by atoms with Gasteiger partial charge in [0.15, 0.2) is 0 Å². The molecule has 0 saturated carbocycles. The first kappa shape index (κ1) is 14.3. The van der Waals surface area contributed by atoms with Crippen LogP contribution >= 0.6 is 22.6 Å². The Bertz CT molecular complexity index is 648. The molecular weight excluding hydrogens is 379 g/mol. The maximum atomic E-state index is 10.9. The maximum absolute atomic E-state index is 10.9. The monoisotopic (exact) mass is 390 g/mol. The molecule has 0 atom stereocenters. The van der Waals surface area contributed by atoms with Crippen molar-refractivity contribution in [3.05, 3.63) is 57.7 Å². The van der Waals surface area contributed by atoms with Gasteiger partial charge in [0.2, 0.25) is 0 Å². The van der Waals surface area contributed by atoms with Crippen molar-refractivity contribution in [3.8, 4) is 5.75 Å². The lowest BCUT2D eigenvalue weighted by atomic mass is 10.2. The van der Waals surface area contributed by atoms with Crippen molar-refractivity contribution in [1.82, 2.24) is 0 Å². The maximum Gasteiger partial charge on any atom is 0.294 e. The first-order valence-electron chi connectivity index (χ1n) is 5.40. The molecule has 4 nitrogen and oxygen atoms in total. The fourth-order valence-electron chi connectivity index (χ4n) is 1.46. The van der Waals surface area contributed by atoms with Crippen molar-refractivity contribution >= 4 is 32.7 Å². The topological polar surface area (TPSA) is 63.6 Å². The first-order chi connectivity index (χ1) is 8.95. The Kier molecular flexibility index (Phi) is 4.43. The van der Waals surface area contributed by atoms with E-state index in [1.807, 2.05) is 24.3 Å². The van der Waals surface area contributed by atoms with E-state index in [0.717, 1.165) is 14.9 Å². The molecule has 0 aromatic heterocycles. The van der Waals surface area contributed by atoms with Crippen molar-refractivity contribution < 1.29 is 17.7 Å². The highest BCUT2D eigenvalue weighted by Crippen LogP contribution is 2.16. The van der Waals surface area contributed by atoms with Crippen molar-refractivity contribution in [3.63, 3.8) is 0 Å². The predicted octanol–water partition coefficient (Wildman–Crippen LogP) is 3.12. The molecule has 0 radical (unpaired) electrons. The summed E-state index contributed by atoms with van der Waals surface area (Å²) >= 11 is 2.21. The highest BCUT2D eigenvalue weighted by atomic mass is 127. The van der Waals surface area contributed by atoms with Gasteiger partial charge < -0.3 is 4.74 Å². The highest BCUT2D eigenvalue weighted by Gasteiger charge is 2.08. The third-order valence-corrected chi connectivity index (χ3v) is 4.03. The smallest absolute Gasteiger partial charge is 0.294 e. The second kappa shape index (κ2) is 5.89. The van der Waals surface area contributed by atoms with Gasteiger partial charge in [-0.25, -0.2) is 0 Å². The largest absolute Gasteiger partial charge is 0.489 e. The molecule has 0 heterocycles. The SMILES string of the molecule is O=S(=O)(O)c1ccc(COc2ccc(I)cc2)cc1. The van der Waals surface area contributed by atoms with Gasteiger partial charge in [-0.2, -0.15) is 8.42 Å². The lowest BCUT2D eigenvalue weighted by Gasteiger charge is -2.06. The standard InChI is InChI=1S/C13H11IO4S/c14-11-3-5-12(6-4-11)18-9-10-1-7-13(8-2-10)19(15,16)17/h1-8H,9H2,(H,15,16,17). The summed E-state index contributed by atoms with van der Waals surface area (Å²) in [4.78, 5) is -0.120. The van der Waals surface area contributed by atoms with Crippen LogP contribution in [-0.4, -0.2) is 13.0 Å². The van der Waals surface area contributed by atoms with Gasteiger partial charge >= 0.3 is 0 Å². The van der Waals surface area contributed by atoms with Crippen molar-refractivity contribution in [1.29, 1.82) is 0 Å². The van der Waals surface area contributed by atoms with Crippen LogP contribution in [0.3, 0.4) is 0 Å². The molecule has 0 spiro atoms. The van der Waals surface area contributed by atoms with Crippen molar-refractivity contribution in [2.45, 2.75) is 11.5 Å². The van der Waals surface area contributed by atoms with Gasteiger partial charge in [-0.1, -0.05) is 12.1 Å². The number of benzene rings is 2. The molecule has 19 heavy (non-hydrogen) atoms. The van der Waals surface area contributed by atoms with E-state index in [1.165, 1.54) is 12.1 Å². The van der Waals surface area contributed by atoms with E-state index in [4.69, 9.17) is 9.29 Å². The van der Waals surface area contributed by atoms with Crippen LogP contribution in [0.15, 0.2) is 53.4 Å². The van der Waals surface area contributed by atoms with Crippen LogP contribution in [0.1, 0.15) is 5.56 Å². The average Bonchev–Trinajstić information content (AvgIpc) is 2.37. The summed E-state index contributed by atoms with van der Waals surface area (Å²) in [7, 11) is -4.13. The molecule has 2 rings (SSSR count). The van der Waals surface area contributed by atoms with Crippen LogP contribution in [0.4, 0.5) is 0 Å². The zero-order valence-electron chi connectivity index (χ0n) is 9.78. The minimum Gasteiger partial charge on any atom is -0.489 e. The van der Waals surface area contributed by atoms with Crippen LogP contribution in [0.2, 0.25) is 0 Å². The fourth-order valence-corrected chi connectivity index (χ4v) is 2.29. The Hall–Kier alpha value is -1.12. The van der Waals surface area contributed by atoms with Crippen LogP contribution < -0.4 is 4.74 Å². The van der Waals surface area contributed by atoms with Crippen LogP contribution in [0.25, 0.3) is 0 Å². The summed E-state index contributed by atoms with van der Waals surface area (Å²) in [6.45, 7) is 0.340. The first-order valence-corrected chi connectivity index (χ1v) is 7.92. The van der Waals surface area contributed by atoms with Crippen molar-refractivity contribution in [2.75, 3.05) is 0 Å². The van der Waals surface area contributed by atoms with E-state index < -0.39 is 10.1 Å². The van der Waals surface area contributed by atoms with E-state index in [0.29, 0.717) is 6.61 Å². The number of halogens is 1. The quantitative estimate of drug-likeness (QED) is 0.644. The lowest BCUT2D eigenvalue weighted by molar-refractivity contribution is 0.306. The summed E-state index contributed by atoms with van der Waals surface area (Å²) in [5.74, 6) is 0.749. The molecule has 0 unspecified atom stereocenters. The molecule has 6 heteroatoms. The van der Waals surface area contributed by atoms with E-state index >= 15 is 0 Å². The molecule has 2 aromatic rings. The Morgan fingerprint density at radius 3 is 2.11 bits per heavy atom. The Morgan fingerprint density at radius 1 is 1.00 bits per heavy atom. The van der Waals surface area contributed by atoms with Crippen LogP contribution in [-0.2, 0) is 16.7 Å². The minimum atomic E-state index is -4.13. The molecule has 0 amide bonds. The molecular formula is C13H11IO4S. The molecule has 0 fully saturated rings. The zero-order chi connectivity index (χ0) is 13.9. The van der Waals surface area contributed by atoms with Gasteiger partial charge in [-0.05, 0) is 64.6 Å². The lowest BCUT2D eigenvalue weighted by Crippen LogP contribution is -1.99. The zero-order valence-corrected chi connectivity index (χ0v) is 12.8. The second-order valence-corrected chi connectivity index (χ2v) is 6.53. The summed E-state index contributed by atoms with van der Waals surface area (Å²) in [6.07, 6.45) is 0. The van der Waals surface area contributed by atoms with Gasteiger partial charge in [-0.3, -0.25) is 4.55 Å². The Labute approximate surface area is 125 Å². The van der Waals surface area contributed by atoms with E-state index in [-0.39, 0.29) is 4.90 Å². The van der Waals surface area contributed by atoms with Gasteiger partial charge in [0.05, 0.1) is 4.90 Å². The van der Waals surface area contributed by atoms with Crippen LogP contribution in [0, 0.1) is 3.57 Å². The number of hydrogen-bond acceptors (Lipinski definition) is 3. The number of rotatable bonds is 4. The van der Waals surface area contributed by atoms with Gasteiger partial charge in [-0.15, -0.1) is 0 Å². The molecule has 0 aliphatic heterocycles. The predicted molar refractivity (Wildman–Crippen MR) is 79.7 cm³/mol. The minimum absolute atomic E-state index is 0.120. The third-order valence-electron chi connectivity index (χ3n) is 2.44. The summed E-state index contributed by atoms with van der Waals surface area (Å²) in [6, 6.07) is 13.5. The van der Waals surface area contributed by atoms with Gasteiger partial charge in [0.25, 0.3) is 10.1 Å². The Morgan fingerprint density at radius 2 is 1.58 bits per heavy atom. The van der Waals surface area contributed by atoms with Gasteiger partial charge in [0, 0.05) is 3.57 Å². The molecule has 0 aliphatic carbocycles. The molecule has 0 saturated heterocycles. The Balaban J connectivity index is 2.02. The molecule has 100 valence electrons. The normalized spacial score (nSPS) is 11.3. The number of ether oxygens (including phenoxy) is 1. The number of hydrogen-bond donors (Lipinski definition) is 1. The summed E-state index contributed by atoms with van der Waals surface area (Å²) in [5, 5.41) is 0. The van der Waals surface area contributed by atoms with Crippen LogP contribution in [0.5, 0.6) is 5.75 Å². The fraction of sp³-hybridized carbons (Fsp3) is 0.0769. The molecule has 1 N–H and O–H groups in total. The average molecular weight is 390 g/mol. The van der Waals surface area contributed by atoms with E-state index in [2.05, 4.69) is 22.6 Å². The van der Waals surface area contributed by atoms with Crippen molar-refractivity contribution in [2.24, 2.45) is 0 Å². The second-order valence-electron chi connectivity index (χ2n) is 3.86. The van der Waals surface area contributed by atoms with E-state index in [1.54, 1.807) is 12.1 Å². The van der Waals surface area contributed by atoms with E-state index in [9.17, 15) is 8.42 Å². The summed E-state index contributed by atoms with van der Waals surface area (Å²) < 4.78 is 37.3. The highest BCUT2D eigenvalue weighted by molar-refractivity contribution is 14.1. The molecule has 0 bridgehead atoms.